The third-order valence-corrected chi connectivity index (χ3v) is 4.37. The molecule has 1 aliphatic carbocycles. The lowest BCUT2D eigenvalue weighted by atomic mass is 9.80. The second kappa shape index (κ2) is 7.80. The fourth-order valence-electron chi connectivity index (χ4n) is 3.10. The normalized spacial score (nSPS) is 26.9. The minimum Gasteiger partial charge on any atom is -0.377 e. The molecule has 20 heavy (non-hydrogen) atoms. The van der Waals surface area contributed by atoms with Gasteiger partial charge >= 0.3 is 0 Å². The van der Waals surface area contributed by atoms with Gasteiger partial charge in [-0.1, -0.05) is 44.2 Å². The van der Waals surface area contributed by atoms with Gasteiger partial charge in [0.05, 0.1) is 6.10 Å². The van der Waals surface area contributed by atoms with Crippen LogP contribution in [0.5, 0.6) is 0 Å². The fraction of sp³-hybridized carbons (Fsp3) is 0.667. The Hall–Kier alpha value is -0.860. The topological polar surface area (TPSA) is 35.2 Å². The zero-order valence-corrected chi connectivity index (χ0v) is 12.9. The van der Waals surface area contributed by atoms with Gasteiger partial charge in [-0.3, -0.25) is 0 Å². The molecule has 2 nitrogen and oxygen atoms in total. The van der Waals surface area contributed by atoms with Crippen molar-refractivity contribution in [1.29, 1.82) is 0 Å². The van der Waals surface area contributed by atoms with Crippen LogP contribution in [0.15, 0.2) is 30.3 Å². The zero-order valence-electron chi connectivity index (χ0n) is 12.9. The summed E-state index contributed by atoms with van der Waals surface area (Å²) in [5.74, 6) is 1.38. The van der Waals surface area contributed by atoms with Gasteiger partial charge in [0, 0.05) is 12.6 Å². The summed E-state index contributed by atoms with van der Waals surface area (Å²) in [6.45, 7) is 5.38. The van der Waals surface area contributed by atoms with E-state index in [1.165, 1.54) is 18.4 Å². The van der Waals surface area contributed by atoms with Gasteiger partial charge in [-0.05, 0) is 49.5 Å². The highest BCUT2D eigenvalue weighted by molar-refractivity contribution is 5.20. The smallest absolute Gasteiger partial charge is 0.0731 e. The first-order valence-corrected chi connectivity index (χ1v) is 8.09. The van der Waals surface area contributed by atoms with Crippen LogP contribution in [-0.4, -0.2) is 18.8 Å². The first-order chi connectivity index (χ1) is 9.66. The Morgan fingerprint density at radius 1 is 1.20 bits per heavy atom. The van der Waals surface area contributed by atoms with Crippen LogP contribution in [0.2, 0.25) is 0 Å². The van der Waals surface area contributed by atoms with Crippen molar-refractivity contribution in [2.75, 3.05) is 6.61 Å². The molecule has 112 valence electrons. The van der Waals surface area contributed by atoms with Gasteiger partial charge in [-0.2, -0.15) is 0 Å². The van der Waals surface area contributed by atoms with Crippen LogP contribution in [0.3, 0.4) is 0 Å². The standard InChI is InChI=1S/C18H29NO/c1-14(2)7-6-12-20-18-13-16(10-11-17(18)19)15-8-4-3-5-9-15/h3-5,8-9,14,16-18H,6-7,10-13,19H2,1-2H3. The Labute approximate surface area is 123 Å². The van der Waals surface area contributed by atoms with Crippen LogP contribution in [0.25, 0.3) is 0 Å². The van der Waals surface area contributed by atoms with E-state index in [4.69, 9.17) is 10.5 Å². The van der Waals surface area contributed by atoms with Crippen molar-refractivity contribution >= 4 is 0 Å². The summed E-state index contributed by atoms with van der Waals surface area (Å²) in [7, 11) is 0. The first kappa shape index (κ1) is 15.5. The number of nitrogens with two attached hydrogens (primary N) is 1. The van der Waals surface area contributed by atoms with E-state index in [0.29, 0.717) is 5.92 Å². The van der Waals surface area contributed by atoms with Crippen molar-refractivity contribution in [3.8, 4) is 0 Å². The van der Waals surface area contributed by atoms with E-state index in [2.05, 4.69) is 44.2 Å². The van der Waals surface area contributed by atoms with E-state index >= 15 is 0 Å². The summed E-state index contributed by atoms with van der Waals surface area (Å²) in [5.41, 5.74) is 7.68. The lowest BCUT2D eigenvalue weighted by Crippen LogP contribution is -2.41. The Balaban J connectivity index is 1.82. The lowest BCUT2D eigenvalue weighted by molar-refractivity contribution is 0.00683. The molecule has 0 bridgehead atoms. The molecule has 3 unspecified atom stereocenters. The van der Waals surface area contributed by atoms with Crippen LogP contribution < -0.4 is 5.73 Å². The van der Waals surface area contributed by atoms with Crippen LogP contribution in [0.4, 0.5) is 0 Å². The van der Waals surface area contributed by atoms with E-state index in [9.17, 15) is 0 Å². The Kier molecular flexibility index (Phi) is 6.06. The van der Waals surface area contributed by atoms with E-state index in [1.807, 2.05) is 0 Å². The summed E-state index contributed by atoms with van der Waals surface area (Å²) in [6.07, 6.45) is 5.97. The van der Waals surface area contributed by atoms with Gasteiger partial charge in [0.15, 0.2) is 0 Å². The molecule has 2 rings (SSSR count). The molecule has 1 saturated carbocycles. The zero-order chi connectivity index (χ0) is 14.4. The van der Waals surface area contributed by atoms with Gasteiger partial charge in [0.1, 0.15) is 0 Å². The summed E-state index contributed by atoms with van der Waals surface area (Å²) in [4.78, 5) is 0. The highest BCUT2D eigenvalue weighted by atomic mass is 16.5. The van der Waals surface area contributed by atoms with Crippen LogP contribution in [0, 0.1) is 5.92 Å². The van der Waals surface area contributed by atoms with Gasteiger partial charge < -0.3 is 10.5 Å². The quantitative estimate of drug-likeness (QED) is 0.793. The monoisotopic (exact) mass is 275 g/mol. The minimum absolute atomic E-state index is 0.217. The molecule has 0 aromatic heterocycles. The minimum atomic E-state index is 0.217. The third kappa shape index (κ3) is 4.60. The number of hydrogen-bond donors (Lipinski definition) is 1. The first-order valence-electron chi connectivity index (χ1n) is 8.09. The fourth-order valence-corrected chi connectivity index (χ4v) is 3.10. The molecule has 2 heteroatoms. The van der Waals surface area contributed by atoms with Gasteiger partial charge in [-0.15, -0.1) is 0 Å². The van der Waals surface area contributed by atoms with E-state index < -0.39 is 0 Å². The highest BCUT2D eigenvalue weighted by Gasteiger charge is 2.29. The molecule has 1 aliphatic rings. The predicted molar refractivity (Wildman–Crippen MR) is 84.8 cm³/mol. The maximum absolute atomic E-state index is 6.24. The van der Waals surface area contributed by atoms with Crippen molar-refractivity contribution in [2.45, 2.75) is 64.0 Å². The molecule has 0 spiro atoms. The van der Waals surface area contributed by atoms with E-state index in [-0.39, 0.29) is 12.1 Å². The molecule has 3 atom stereocenters. The number of rotatable bonds is 6. The van der Waals surface area contributed by atoms with Gasteiger partial charge in [0.2, 0.25) is 0 Å². The number of ether oxygens (including phenoxy) is 1. The van der Waals surface area contributed by atoms with Crippen LogP contribution in [0.1, 0.15) is 57.4 Å². The lowest BCUT2D eigenvalue weighted by Gasteiger charge is -2.34. The second-order valence-electron chi connectivity index (χ2n) is 6.53. The van der Waals surface area contributed by atoms with E-state index in [1.54, 1.807) is 0 Å². The number of benzene rings is 1. The van der Waals surface area contributed by atoms with Gasteiger partial charge in [0.25, 0.3) is 0 Å². The molecular formula is C18H29NO. The van der Waals surface area contributed by atoms with Gasteiger partial charge in [-0.25, -0.2) is 0 Å². The largest absolute Gasteiger partial charge is 0.377 e. The maximum atomic E-state index is 6.24. The molecule has 0 heterocycles. The molecule has 1 aromatic carbocycles. The molecule has 0 saturated heterocycles. The second-order valence-corrected chi connectivity index (χ2v) is 6.53. The van der Waals surface area contributed by atoms with E-state index in [0.717, 1.165) is 31.8 Å². The molecule has 1 aromatic rings. The van der Waals surface area contributed by atoms with Crippen molar-refractivity contribution in [3.05, 3.63) is 35.9 Å². The molecule has 0 aliphatic heterocycles. The Morgan fingerprint density at radius 2 is 1.95 bits per heavy atom. The Morgan fingerprint density at radius 3 is 2.65 bits per heavy atom. The molecule has 0 amide bonds. The number of hydrogen-bond acceptors (Lipinski definition) is 2. The summed E-state index contributed by atoms with van der Waals surface area (Å²) in [5, 5.41) is 0. The molecule has 0 radical (unpaired) electrons. The predicted octanol–water partition coefficient (Wildman–Crippen LogP) is 4.10. The summed E-state index contributed by atoms with van der Waals surface area (Å²) in [6, 6.07) is 11.0. The van der Waals surface area contributed by atoms with Crippen molar-refractivity contribution in [3.63, 3.8) is 0 Å². The molecular weight excluding hydrogens is 246 g/mol. The molecule has 1 fully saturated rings. The summed E-state index contributed by atoms with van der Waals surface area (Å²) >= 11 is 0. The van der Waals surface area contributed by atoms with Crippen molar-refractivity contribution in [2.24, 2.45) is 11.7 Å². The van der Waals surface area contributed by atoms with Crippen molar-refractivity contribution in [1.82, 2.24) is 0 Å². The third-order valence-electron chi connectivity index (χ3n) is 4.37. The Bertz CT molecular complexity index is 376. The maximum Gasteiger partial charge on any atom is 0.0731 e. The van der Waals surface area contributed by atoms with Crippen LogP contribution >= 0.6 is 0 Å². The average molecular weight is 275 g/mol. The summed E-state index contributed by atoms with van der Waals surface area (Å²) < 4.78 is 6.07. The highest BCUT2D eigenvalue weighted by Crippen LogP contribution is 2.33. The van der Waals surface area contributed by atoms with Crippen molar-refractivity contribution < 1.29 is 4.74 Å². The van der Waals surface area contributed by atoms with Crippen LogP contribution in [-0.2, 0) is 4.74 Å². The SMILES string of the molecule is CC(C)CCCOC1CC(c2ccccc2)CCC1N. The average Bonchev–Trinajstić information content (AvgIpc) is 2.46. The molecule has 2 N–H and O–H groups in total.